The highest BCUT2D eigenvalue weighted by atomic mass is 16.6. The number of nitrogens with zero attached hydrogens (tertiary/aromatic N) is 3. The van der Waals surface area contributed by atoms with Gasteiger partial charge in [0, 0.05) is 18.3 Å². The molecule has 1 aliphatic rings. The average molecular weight is 742 g/mol. The van der Waals surface area contributed by atoms with E-state index in [0.29, 0.717) is 27.8 Å². The Morgan fingerprint density at radius 2 is 1.16 bits per heavy atom. The van der Waals surface area contributed by atoms with Crippen molar-refractivity contribution < 1.29 is 28.9 Å². The summed E-state index contributed by atoms with van der Waals surface area (Å²) < 4.78 is 17.9. The van der Waals surface area contributed by atoms with Crippen LogP contribution in [0.1, 0.15) is 43.7 Å². The third kappa shape index (κ3) is 6.47. The Morgan fingerprint density at radius 3 is 1.71 bits per heavy atom. The van der Waals surface area contributed by atoms with Crippen LogP contribution in [0.5, 0.6) is 17.2 Å². The first-order valence-corrected chi connectivity index (χ1v) is 17.6. The van der Waals surface area contributed by atoms with E-state index in [0.717, 1.165) is 16.7 Å². The van der Waals surface area contributed by atoms with Crippen LogP contribution in [0.25, 0.3) is 11.1 Å². The maximum absolute atomic E-state index is 14.3. The van der Waals surface area contributed by atoms with Crippen molar-refractivity contribution in [3.63, 3.8) is 0 Å². The Balaban J connectivity index is 1.36. The first-order chi connectivity index (χ1) is 27.3. The van der Waals surface area contributed by atoms with Gasteiger partial charge in [-0.3, -0.25) is 25.2 Å². The number of aromatic nitrogens is 1. The fourth-order valence-electron chi connectivity index (χ4n) is 7.37. The number of carbonyl (C=O) groups is 1. The van der Waals surface area contributed by atoms with Gasteiger partial charge in [-0.15, -0.1) is 0 Å². The highest BCUT2D eigenvalue weighted by Crippen LogP contribution is 2.58. The van der Waals surface area contributed by atoms with Crippen LogP contribution >= 0.6 is 0 Å². The van der Waals surface area contributed by atoms with Gasteiger partial charge in [0.05, 0.1) is 27.0 Å². The molecule has 7 aromatic rings. The summed E-state index contributed by atoms with van der Waals surface area (Å²) in [6.45, 7) is 0.164. The van der Waals surface area contributed by atoms with Gasteiger partial charge in [0.15, 0.2) is 11.5 Å². The number of nitro groups is 2. The lowest BCUT2D eigenvalue weighted by Gasteiger charge is -2.34. The highest BCUT2D eigenvalue weighted by molar-refractivity contribution is 6.00. The largest absolute Gasteiger partial charge is 0.482 e. The lowest BCUT2D eigenvalue weighted by molar-refractivity contribution is -0.386. The molecule has 0 N–H and O–H groups in total. The van der Waals surface area contributed by atoms with Crippen LogP contribution in [-0.4, -0.2) is 20.8 Å². The van der Waals surface area contributed by atoms with Gasteiger partial charge in [-0.1, -0.05) is 109 Å². The van der Waals surface area contributed by atoms with Crippen molar-refractivity contribution in [1.29, 1.82) is 0 Å². The van der Waals surface area contributed by atoms with Gasteiger partial charge in [0.2, 0.25) is 0 Å². The summed E-state index contributed by atoms with van der Waals surface area (Å²) in [6.07, 6.45) is 2.97. The number of esters is 1. The van der Waals surface area contributed by atoms with Crippen molar-refractivity contribution in [3.05, 3.63) is 223 Å². The normalized spacial score (nSPS) is 12.2. The molecule has 0 saturated carbocycles. The quantitative estimate of drug-likeness (QED) is 0.0679. The Hall–Kier alpha value is -7.66. The number of carbonyl (C=O) groups excluding carboxylic acids is 1. The standard InChI is InChI=1S/C45H31N3O8/c49-44(56-34-15-10-24-46-27-34)37-18-9-17-36-35-16-7-8-19-38(35)45(43(36)37,32-20-22-41(39(25-32)47(50)51)54-28-30-11-3-1-4-12-30)33-21-23-42(40(26-33)48(52)53)55-29-31-13-5-2-6-14-31/h1-27H,28-29H2. The number of nitro benzene ring substituents is 2. The SMILES string of the molecule is O=C(Oc1cccnc1)c1cccc2c1C(c1ccc(OCc3ccccc3)c([N+](=O)[O-])c1)(c1ccc(OCc3ccccc3)c([N+](=O)[O-])c1)c1ccccc1-2. The summed E-state index contributed by atoms with van der Waals surface area (Å²) in [7, 11) is 0. The van der Waals surface area contributed by atoms with E-state index >= 15 is 0 Å². The first-order valence-electron chi connectivity index (χ1n) is 17.6. The van der Waals surface area contributed by atoms with E-state index in [9.17, 15) is 25.0 Å². The molecule has 0 bridgehead atoms. The van der Waals surface area contributed by atoms with E-state index in [2.05, 4.69) is 4.98 Å². The lowest BCUT2D eigenvalue weighted by atomic mass is 9.66. The number of hydrogen-bond acceptors (Lipinski definition) is 9. The Labute approximate surface area is 320 Å². The summed E-state index contributed by atoms with van der Waals surface area (Å²) in [6, 6.07) is 43.7. The highest BCUT2D eigenvalue weighted by Gasteiger charge is 2.50. The molecule has 274 valence electrons. The molecular weight excluding hydrogens is 711 g/mol. The molecule has 1 heterocycles. The molecule has 0 amide bonds. The van der Waals surface area contributed by atoms with Crippen LogP contribution in [0.3, 0.4) is 0 Å². The molecule has 0 aliphatic heterocycles. The van der Waals surface area contributed by atoms with Gasteiger partial charge in [-0.05, 0) is 74.8 Å². The van der Waals surface area contributed by atoms with Gasteiger partial charge in [-0.2, -0.15) is 0 Å². The van der Waals surface area contributed by atoms with Crippen molar-refractivity contribution in [1.82, 2.24) is 4.98 Å². The summed E-state index contributed by atoms with van der Waals surface area (Å²) >= 11 is 0. The molecule has 1 aromatic heterocycles. The number of benzene rings is 6. The van der Waals surface area contributed by atoms with Crippen molar-refractivity contribution >= 4 is 17.3 Å². The smallest absolute Gasteiger partial charge is 0.343 e. The third-order valence-electron chi connectivity index (χ3n) is 9.78. The number of rotatable bonds is 12. The van der Waals surface area contributed by atoms with Crippen molar-refractivity contribution in [2.45, 2.75) is 18.6 Å². The summed E-state index contributed by atoms with van der Waals surface area (Å²) in [5.74, 6) is -0.433. The molecule has 0 atom stereocenters. The molecule has 8 rings (SSSR count). The van der Waals surface area contributed by atoms with Crippen molar-refractivity contribution in [2.24, 2.45) is 0 Å². The van der Waals surface area contributed by atoms with Gasteiger partial charge < -0.3 is 14.2 Å². The van der Waals surface area contributed by atoms with Crippen LogP contribution in [0.2, 0.25) is 0 Å². The molecule has 0 saturated heterocycles. The van der Waals surface area contributed by atoms with Crippen molar-refractivity contribution in [3.8, 4) is 28.4 Å². The minimum Gasteiger partial charge on any atom is -0.482 e. The second-order valence-electron chi connectivity index (χ2n) is 13.0. The van der Waals surface area contributed by atoms with E-state index in [1.165, 1.54) is 30.5 Å². The fourth-order valence-corrected chi connectivity index (χ4v) is 7.37. The number of hydrogen-bond donors (Lipinski definition) is 0. The summed E-state index contributed by atoms with van der Waals surface area (Å²) in [5.41, 5.74) is 2.85. The Morgan fingerprint density at radius 1 is 0.607 bits per heavy atom. The average Bonchev–Trinajstić information content (AvgIpc) is 3.54. The molecule has 0 spiro atoms. The monoisotopic (exact) mass is 741 g/mol. The molecule has 1 aliphatic carbocycles. The van der Waals surface area contributed by atoms with E-state index < -0.39 is 21.2 Å². The molecule has 6 aromatic carbocycles. The van der Waals surface area contributed by atoms with Gasteiger partial charge in [-0.25, -0.2) is 4.79 Å². The van der Waals surface area contributed by atoms with E-state index in [1.807, 2.05) is 91.0 Å². The minimum absolute atomic E-state index is 0.0316. The van der Waals surface area contributed by atoms with Crippen LogP contribution in [-0.2, 0) is 18.6 Å². The zero-order valence-corrected chi connectivity index (χ0v) is 29.6. The van der Waals surface area contributed by atoms with Gasteiger partial charge >= 0.3 is 17.3 Å². The molecule has 11 nitrogen and oxygen atoms in total. The van der Waals surface area contributed by atoms with E-state index in [4.69, 9.17) is 14.2 Å². The predicted octanol–water partition coefficient (Wildman–Crippen LogP) is 9.64. The van der Waals surface area contributed by atoms with Gasteiger partial charge in [0.1, 0.15) is 19.0 Å². The number of pyridine rings is 1. The van der Waals surface area contributed by atoms with Crippen LogP contribution in [0.15, 0.2) is 164 Å². The zero-order chi connectivity index (χ0) is 38.6. The van der Waals surface area contributed by atoms with Crippen molar-refractivity contribution in [2.75, 3.05) is 0 Å². The summed E-state index contributed by atoms with van der Waals surface area (Å²) in [5, 5.41) is 25.7. The fraction of sp³-hybridized carbons (Fsp3) is 0.0667. The van der Waals surface area contributed by atoms with Crippen LogP contribution in [0, 0.1) is 20.2 Å². The topological polar surface area (TPSA) is 144 Å². The van der Waals surface area contributed by atoms with E-state index in [1.54, 1.807) is 42.6 Å². The zero-order valence-electron chi connectivity index (χ0n) is 29.6. The molecule has 0 radical (unpaired) electrons. The molecule has 56 heavy (non-hydrogen) atoms. The maximum atomic E-state index is 14.3. The molecular formula is C45H31N3O8. The van der Waals surface area contributed by atoms with E-state index in [-0.39, 0.29) is 47.4 Å². The van der Waals surface area contributed by atoms with Crippen LogP contribution < -0.4 is 14.2 Å². The third-order valence-corrected chi connectivity index (χ3v) is 9.78. The second-order valence-corrected chi connectivity index (χ2v) is 13.0. The second kappa shape index (κ2) is 15.0. The molecule has 0 unspecified atom stereocenters. The molecule has 0 fully saturated rings. The predicted molar refractivity (Wildman–Crippen MR) is 208 cm³/mol. The Bertz CT molecular complexity index is 2490. The number of fused-ring (bicyclic) bond motifs is 3. The number of ether oxygens (including phenoxy) is 3. The Kier molecular flexibility index (Phi) is 9.47. The van der Waals surface area contributed by atoms with Crippen LogP contribution in [0.4, 0.5) is 11.4 Å². The summed E-state index contributed by atoms with van der Waals surface area (Å²) in [4.78, 5) is 42.9. The molecule has 11 heteroatoms. The van der Waals surface area contributed by atoms with Gasteiger partial charge in [0.25, 0.3) is 0 Å². The minimum atomic E-state index is -1.51. The lowest BCUT2D eigenvalue weighted by Crippen LogP contribution is -2.31. The first kappa shape index (κ1) is 35.4. The maximum Gasteiger partial charge on any atom is 0.343 e.